The minimum Gasteiger partial charge on any atom is -0.497 e. The number of hydrogen-bond donors (Lipinski definition) is 1. The molecule has 1 N–H and O–H groups in total. The molecule has 0 saturated carbocycles. The van der Waals surface area contributed by atoms with E-state index in [0.29, 0.717) is 5.56 Å². The Morgan fingerprint density at radius 1 is 1.15 bits per heavy atom. The first-order valence-electron chi connectivity index (χ1n) is 8.62. The predicted molar refractivity (Wildman–Crippen MR) is 105 cm³/mol. The number of carbonyl (C=O) groups is 1. The molecule has 0 saturated heterocycles. The van der Waals surface area contributed by atoms with Gasteiger partial charge in [0.15, 0.2) is 0 Å². The van der Waals surface area contributed by atoms with E-state index in [0.717, 1.165) is 21.2 Å². The van der Waals surface area contributed by atoms with Crippen molar-refractivity contribution in [1.82, 2.24) is 9.62 Å². The van der Waals surface area contributed by atoms with Gasteiger partial charge in [-0.3, -0.25) is 4.79 Å². The Kier molecular flexibility index (Phi) is 6.62. The molecule has 0 aliphatic carbocycles. The molecule has 0 unspecified atom stereocenters. The molecular weight excluding hydrogens is 364 g/mol. The average Bonchev–Trinajstić information content (AvgIpc) is 2.63. The minimum absolute atomic E-state index is 0.223. The highest BCUT2D eigenvalue weighted by molar-refractivity contribution is 7.89. The van der Waals surface area contributed by atoms with Crippen molar-refractivity contribution < 1.29 is 17.9 Å². The minimum atomic E-state index is -3.74. The zero-order chi connectivity index (χ0) is 20.2. The lowest BCUT2D eigenvalue weighted by atomic mass is 10.1. The number of likely N-dealkylation sites (N-methyl/N-ethyl adjacent to an activating group) is 1. The first-order valence-corrected chi connectivity index (χ1v) is 10.1. The zero-order valence-corrected chi connectivity index (χ0v) is 17.1. The molecule has 1 atom stereocenters. The van der Waals surface area contributed by atoms with Gasteiger partial charge in [-0.05, 0) is 55.7 Å². The van der Waals surface area contributed by atoms with Crippen LogP contribution in [0.1, 0.15) is 29.7 Å². The maximum atomic E-state index is 12.8. The summed E-state index contributed by atoms with van der Waals surface area (Å²) < 4.78 is 31.8. The van der Waals surface area contributed by atoms with Gasteiger partial charge in [-0.2, -0.15) is 4.31 Å². The topological polar surface area (TPSA) is 75.7 Å². The van der Waals surface area contributed by atoms with Crippen molar-refractivity contribution >= 4 is 15.9 Å². The predicted octanol–water partition coefficient (Wildman–Crippen LogP) is 2.81. The van der Waals surface area contributed by atoms with Crippen LogP contribution in [0.5, 0.6) is 5.75 Å². The van der Waals surface area contributed by atoms with Gasteiger partial charge in [0, 0.05) is 7.05 Å². The summed E-state index contributed by atoms with van der Waals surface area (Å²) in [5, 5.41) is 2.83. The molecule has 6 nitrogen and oxygen atoms in total. The van der Waals surface area contributed by atoms with E-state index in [2.05, 4.69) is 5.32 Å². The second kappa shape index (κ2) is 8.54. The monoisotopic (exact) mass is 390 g/mol. The van der Waals surface area contributed by atoms with Crippen LogP contribution in [-0.2, 0) is 14.8 Å². The van der Waals surface area contributed by atoms with E-state index in [1.165, 1.54) is 7.05 Å². The molecule has 0 aliphatic heterocycles. The second-order valence-corrected chi connectivity index (χ2v) is 8.61. The Morgan fingerprint density at radius 3 is 2.37 bits per heavy atom. The fourth-order valence-electron chi connectivity index (χ4n) is 2.70. The quantitative estimate of drug-likeness (QED) is 0.789. The van der Waals surface area contributed by atoms with Crippen LogP contribution in [0.15, 0.2) is 47.4 Å². The molecular formula is C20H26N2O4S. The van der Waals surface area contributed by atoms with E-state index in [1.807, 2.05) is 44.2 Å². The van der Waals surface area contributed by atoms with E-state index in [1.54, 1.807) is 26.2 Å². The van der Waals surface area contributed by atoms with Crippen LogP contribution in [0.3, 0.4) is 0 Å². The molecule has 0 spiro atoms. The molecule has 0 aliphatic rings. The fourth-order valence-corrected chi connectivity index (χ4v) is 4.14. The van der Waals surface area contributed by atoms with Gasteiger partial charge in [-0.25, -0.2) is 8.42 Å². The van der Waals surface area contributed by atoms with E-state index in [-0.39, 0.29) is 23.4 Å². The number of carbonyl (C=O) groups excluding carboxylic acids is 1. The number of aryl methyl sites for hydroxylation is 2. The molecule has 0 fully saturated rings. The lowest BCUT2D eigenvalue weighted by Crippen LogP contribution is -2.39. The van der Waals surface area contributed by atoms with Crippen LogP contribution in [0, 0.1) is 13.8 Å². The van der Waals surface area contributed by atoms with Crippen LogP contribution in [-0.4, -0.2) is 39.3 Å². The van der Waals surface area contributed by atoms with Gasteiger partial charge in [0.05, 0.1) is 24.6 Å². The molecule has 27 heavy (non-hydrogen) atoms. The van der Waals surface area contributed by atoms with Crippen molar-refractivity contribution in [3.8, 4) is 5.75 Å². The maximum absolute atomic E-state index is 12.8. The third kappa shape index (κ3) is 5.08. The summed E-state index contributed by atoms with van der Waals surface area (Å²) in [5.41, 5.74) is 2.41. The van der Waals surface area contributed by atoms with E-state index in [4.69, 9.17) is 4.74 Å². The first-order chi connectivity index (χ1) is 12.6. The van der Waals surface area contributed by atoms with Crippen molar-refractivity contribution in [3.05, 3.63) is 59.2 Å². The molecule has 146 valence electrons. The van der Waals surface area contributed by atoms with Gasteiger partial charge in [0.1, 0.15) is 5.75 Å². The molecule has 2 aromatic rings. The highest BCUT2D eigenvalue weighted by Crippen LogP contribution is 2.21. The first kappa shape index (κ1) is 20.9. The van der Waals surface area contributed by atoms with Crippen molar-refractivity contribution in [2.45, 2.75) is 31.7 Å². The van der Waals surface area contributed by atoms with Crippen LogP contribution in [0.2, 0.25) is 0 Å². The number of methoxy groups -OCH3 is 1. The summed E-state index contributed by atoms with van der Waals surface area (Å²) in [6.45, 7) is 5.17. The SMILES string of the molecule is COc1ccc([C@@H](C)NC(=O)CN(C)S(=O)(=O)c2cc(C)ccc2C)cc1. The van der Waals surface area contributed by atoms with E-state index >= 15 is 0 Å². The second-order valence-electron chi connectivity index (χ2n) is 6.59. The van der Waals surface area contributed by atoms with Crippen LogP contribution < -0.4 is 10.1 Å². The lowest BCUT2D eigenvalue weighted by Gasteiger charge is -2.20. The number of nitrogens with zero attached hydrogens (tertiary/aromatic N) is 1. The van der Waals surface area contributed by atoms with Gasteiger partial charge in [-0.1, -0.05) is 24.3 Å². The van der Waals surface area contributed by atoms with Gasteiger partial charge in [-0.15, -0.1) is 0 Å². The van der Waals surface area contributed by atoms with Gasteiger partial charge in [0.2, 0.25) is 15.9 Å². The largest absolute Gasteiger partial charge is 0.497 e. The van der Waals surface area contributed by atoms with Crippen molar-refractivity contribution in [3.63, 3.8) is 0 Å². The van der Waals surface area contributed by atoms with Crippen LogP contribution in [0.25, 0.3) is 0 Å². The Hall–Kier alpha value is -2.38. The Bertz CT molecular complexity index is 908. The third-order valence-corrected chi connectivity index (χ3v) is 6.34. The lowest BCUT2D eigenvalue weighted by molar-refractivity contribution is -0.121. The molecule has 2 rings (SSSR count). The normalized spacial score (nSPS) is 12.7. The molecule has 7 heteroatoms. The summed E-state index contributed by atoms with van der Waals surface area (Å²) in [5.74, 6) is 0.367. The van der Waals surface area contributed by atoms with Crippen LogP contribution in [0.4, 0.5) is 0 Å². The molecule has 2 aromatic carbocycles. The third-order valence-electron chi connectivity index (χ3n) is 4.39. The summed E-state index contributed by atoms with van der Waals surface area (Å²) in [6, 6.07) is 12.4. The summed E-state index contributed by atoms with van der Waals surface area (Å²) in [4.78, 5) is 12.6. The number of hydrogen-bond acceptors (Lipinski definition) is 4. The smallest absolute Gasteiger partial charge is 0.243 e. The highest BCUT2D eigenvalue weighted by atomic mass is 32.2. The summed E-state index contributed by atoms with van der Waals surface area (Å²) in [7, 11) is -0.740. The molecule has 0 heterocycles. The molecule has 1 amide bonds. The number of ether oxygens (including phenoxy) is 1. The maximum Gasteiger partial charge on any atom is 0.243 e. The van der Waals surface area contributed by atoms with Crippen LogP contribution >= 0.6 is 0 Å². The van der Waals surface area contributed by atoms with E-state index < -0.39 is 10.0 Å². The summed E-state index contributed by atoms with van der Waals surface area (Å²) >= 11 is 0. The van der Waals surface area contributed by atoms with Gasteiger partial charge < -0.3 is 10.1 Å². The number of amides is 1. The zero-order valence-electron chi connectivity index (χ0n) is 16.3. The van der Waals surface area contributed by atoms with Crippen molar-refractivity contribution in [2.75, 3.05) is 20.7 Å². The number of sulfonamides is 1. The molecule has 0 radical (unpaired) electrons. The number of rotatable bonds is 7. The molecule has 0 aromatic heterocycles. The van der Waals surface area contributed by atoms with Crippen molar-refractivity contribution in [2.24, 2.45) is 0 Å². The average molecular weight is 391 g/mol. The number of nitrogens with one attached hydrogen (secondary N) is 1. The Morgan fingerprint density at radius 2 is 1.78 bits per heavy atom. The Balaban J connectivity index is 2.06. The Labute approximate surface area is 161 Å². The van der Waals surface area contributed by atoms with E-state index in [9.17, 15) is 13.2 Å². The van der Waals surface area contributed by atoms with Gasteiger partial charge in [0.25, 0.3) is 0 Å². The van der Waals surface area contributed by atoms with Gasteiger partial charge >= 0.3 is 0 Å². The fraction of sp³-hybridized carbons (Fsp3) is 0.350. The summed E-state index contributed by atoms with van der Waals surface area (Å²) in [6.07, 6.45) is 0. The standard InChI is InChI=1S/C20H26N2O4S/c1-14-6-7-15(2)19(12-14)27(24,25)22(4)13-20(23)21-16(3)17-8-10-18(26-5)11-9-17/h6-12,16H,13H2,1-5H3,(H,21,23)/t16-/m1/s1. The highest BCUT2D eigenvalue weighted by Gasteiger charge is 2.25. The number of benzene rings is 2. The molecule has 0 bridgehead atoms. The van der Waals surface area contributed by atoms with Crippen molar-refractivity contribution in [1.29, 1.82) is 0 Å².